The summed E-state index contributed by atoms with van der Waals surface area (Å²) in [5.74, 6) is -0.0796. The average Bonchev–Trinajstić information content (AvgIpc) is 2.16. The summed E-state index contributed by atoms with van der Waals surface area (Å²) in [7, 11) is 0. The van der Waals surface area contributed by atoms with Crippen LogP contribution in [0.1, 0.15) is 23.7 Å². The van der Waals surface area contributed by atoms with Crippen molar-refractivity contribution in [2.75, 3.05) is 0 Å². The zero-order valence-corrected chi connectivity index (χ0v) is 7.67. The molecule has 0 bridgehead atoms. The predicted molar refractivity (Wildman–Crippen MR) is 47.7 cm³/mol. The van der Waals surface area contributed by atoms with Crippen LogP contribution in [-0.4, -0.2) is 12.4 Å². The van der Waals surface area contributed by atoms with Gasteiger partial charge in [0.2, 0.25) is 0 Å². The molecule has 0 N–H and O–H groups in total. The highest BCUT2D eigenvalue weighted by Gasteiger charge is 2.07. The summed E-state index contributed by atoms with van der Waals surface area (Å²) in [4.78, 5) is 11.2. The second-order valence-corrected chi connectivity index (χ2v) is 2.68. The van der Waals surface area contributed by atoms with Gasteiger partial charge < -0.3 is 4.74 Å². The van der Waals surface area contributed by atoms with E-state index in [-0.39, 0.29) is 11.5 Å². The maximum Gasteiger partial charge on any atom is 0.387 e. The number of hydrogen-bond donors (Lipinski definition) is 0. The summed E-state index contributed by atoms with van der Waals surface area (Å²) in [6.45, 7) is -1.15. The SMILES string of the molecule is CCC(=O)c1cccc(OC(F)F)c1. The van der Waals surface area contributed by atoms with Crippen LogP contribution in [0.4, 0.5) is 8.78 Å². The zero-order valence-electron chi connectivity index (χ0n) is 7.67. The summed E-state index contributed by atoms with van der Waals surface area (Å²) in [6, 6.07) is 5.79. The van der Waals surface area contributed by atoms with Crippen LogP contribution in [0.15, 0.2) is 24.3 Å². The number of ketones is 1. The molecule has 14 heavy (non-hydrogen) atoms. The van der Waals surface area contributed by atoms with E-state index in [4.69, 9.17) is 0 Å². The van der Waals surface area contributed by atoms with Crippen LogP contribution in [0.5, 0.6) is 5.75 Å². The Hall–Kier alpha value is -1.45. The second kappa shape index (κ2) is 4.69. The van der Waals surface area contributed by atoms with Crippen LogP contribution in [0, 0.1) is 0 Å². The maximum atomic E-state index is 11.8. The molecule has 2 nitrogen and oxygen atoms in total. The fourth-order valence-electron chi connectivity index (χ4n) is 1.05. The second-order valence-electron chi connectivity index (χ2n) is 2.68. The van der Waals surface area contributed by atoms with Crippen LogP contribution >= 0.6 is 0 Å². The van der Waals surface area contributed by atoms with Gasteiger partial charge in [-0.05, 0) is 12.1 Å². The number of Topliss-reactive ketones (excluding diaryl/α,β-unsaturated/α-hetero) is 1. The molecule has 0 fully saturated rings. The minimum Gasteiger partial charge on any atom is -0.435 e. The van der Waals surface area contributed by atoms with Crippen molar-refractivity contribution >= 4 is 5.78 Å². The molecule has 0 unspecified atom stereocenters. The number of ether oxygens (including phenoxy) is 1. The van der Waals surface area contributed by atoms with Gasteiger partial charge in [0.15, 0.2) is 5.78 Å². The largest absolute Gasteiger partial charge is 0.435 e. The molecule has 0 aliphatic carbocycles. The van der Waals surface area contributed by atoms with Crippen LogP contribution < -0.4 is 4.74 Å². The number of halogens is 2. The van der Waals surface area contributed by atoms with Crippen molar-refractivity contribution < 1.29 is 18.3 Å². The topological polar surface area (TPSA) is 26.3 Å². The first-order chi connectivity index (χ1) is 6.63. The molecular formula is C10H10F2O2. The van der Waals surface area contributed by atoms with Crippen molar-refractivity contribution in [3.05, 3.63) is 29.8 Å². The van der Waals surface area contributed by atoms with E-state index in [0.717, 1.165) is 0 Å². The number of carbonyl (C=O) groups excluding carboxylic acids is 1. The van der Waals surface area contributed by atoms with Gasteiger partial charge in [0.05, 0.1) is 0 Å². The standard InChI is InChI=1S/C10H10F2O2/c1-2-9(13)7-4-3-5-8(6-7)14-10(11)12/h3-6,10H,2H2,1H3. The Kier molecular flexibility index (Phi) is 3.56. The van der Waals surface area contributed by atoms with Gasteiger partial charge in [-0.25, -0.2) is 0 Å². The molecule has 0 aromatic heterocycles. The lowest BCUT2D eigenvalue weighted by atomic mass is 10.1. The smallest absolute Gasteiger partial charge is 0.387 e. The quantitative estimate of drug-likeness (QED) is 0.698. The number of rotatable bonds is 4. The molecule has 1 rings (SSSR count). The third-order valence-electron chi connectivity index (χ3n) is 1.70. The summed E-state index contributed by atoms with van der Waals surface area (Å²) < 4.78 is 27.8. The molecule has 0 saturated carbocycles. The fraction of sp³-hybridized carbons (Fsp3) is 0.300. The van der Waals surface area contributed by atoms with Gasteiger partial charge in [-0.3, -0.25) is 4.79 Å². The number of carbonyl (C=O) groups is 1. The van der Waals surface area contributed by atoms with Gasteiger partial charge >= 0.3 is 6.61 Å². The van der Waals surface area contributed by atoms with Gasteiger partial charge in [0.25, 0.3) is 0 Å². The summed E-state index contributed by atoms with van der Waals surface area (Å²) >= 11 is 0. The Morgan fingerprint density at radius 2 is 2.21 bits per heavy atom. The number of alkyl halides is 2. The lowest BCUT2D eigenvalue weighted by Crippen LogP contribution is -2.03. The van der Waals surface area contributed by atoms with Gasteiger partial charge in [-0.15, -0.1) is 0 Å². The van der Waals surface area contributed by atoms with E-state index in [1.54, 1.807) is 13.0 Å². The molecule has 0 amide bonds. The molecule has 1 aromatic rings. The minimum absolute atomic E-state index is 0.0132. The molecule has 0 aliphatic heterocycles. The maximum absolute atomic E-state index is 11.8. The Morgan fingerprint density at radius 1 is 1.50 bits per heavy atom. The molecule has 1 aromatic carbocycles. The van der Waals surface area contributed by atoms with Gasteiger partial charge in [-0.2, -0.15) is 8.78 Å². The van der Waals surface area contributed by atoms with E-state index in [0.29, 0.717) is 12.0 Å². The third-order valence-corrected chi connectivity index (χ3v) is 1.70. The minimum atomic E-state index is -2.86. The predicted octanol–water partition coefficient (Wildman–Crippen LogP) is 2.88. The average molecular weight is 200 g/mol. The van der Waals surface area contributed by atoms with Gasteiger partial charge in [0, 0.05) is 12.0 Å². The normalized spacial score (nSPS) is 10.3. The van der Waals surface area contributed by atoms with E-state index in [9.17, 15) is 13.6 Å². The Bertz CT molecular complexity index is 324. The highest BCUT2D eigenvalue weighted by Crippen LogP contribution is 2.16. The first-order valence-corrected chi connectivity index (χ1v) is 4.21. The molecule has 0 spiro atoms. The van der Waals surface area contributed by atoms with Crippen LogP contribution in [0.25, 0.3) is 0 Å². The Labute approximate surface area is 80.5 Å². The molecule has 0 heterocycles. The molecule has 0 atom stereocenters. The summed E-state index contributed by atoms with van der Waals surface area (Å²) in [5, 5.41) is 0. The van der Waals surface area contributed by atoms with Crippen molar-refractivity contribution in [1.82, 2.24) is 0 Å². The fourth-order valence-corrected chi connectivity index (χ4v) is 1.05. The van der Waals surface area contributed by atoms with E-state index >= 15 is 0 Å². The number of benzene rings is 1. The summed E-state index contributed by atoms with van der Waals surface area (Å²) in [5.41, 5.74) is 0.394. The van der Waals surface area contributed by atoms with Crippen LogP contribution in [0.2, 0.25) is 0 Å². The number of hydrogen-bond acceptors (Lipinski definition) is 2. The Morgan fingerprint density at radius 3 is 2.79 bits per heavy atom. The van der Waals surface area contributed by atoms with Gasteiger partial charge in [0.1, 0.15) is 5.75 Å². The van der Waals surface area contributed by atoms with Gasteiger partial charge in [-0.1, -0.05) is 19.1 Å². The third kappa shape index (κ3) is 2.80. The van der Waals surface area contributed by atoms with Crippen molar-refractivity contribution in [2.24, 2.45) is 0 Å². The molecule has 0 radical (unpaired) electrons. The zero-order chi connectivity index (χ0) is 10.6. The first kappa shape index (κ1) is 10.6. The van der Waals surface area contributed by atoms with E-state index < -0.39 is 6.61 Å². The van der Waals surface area contributed by atoms with Crippen molar-refractivity contribution in [3.63, 3.8) is 0 Å². The Balaban J connectivity index is 2.84. The van der Waals surface area contributed by atoms with E-state index in [1.165, 1.54) is 18.2 Å². The molecule has 76 valence electrons. The molecule has 0 saturated heterocycles. The van der Waals surface area contributed by atoms with Crippen molar-refractivity contribution in [2.45, 2.75) is 20.0 Å². The highest BCUT2D eigenvalue weighted by molar-refractivity contribution is 5.96. The summed E-state index contributed by atoms with van der Waals surface area (Å²) in [6.07, 6.45) is 0.345. The van der Waals surface area contributed by atoms with Crippen LogP contribution in [0.3, 0.4) is 0 Å². The molecular weight excluding hydrogens is 190 g/mol. The van der Waals surface area contributed by atoms with Crippen molar-refractivity contribution in [3.8, 4) is 5.75 Å². The highest BCUT2D eigenvalue weighted by atomic mass is 19.3. The van der Waals surface area contributed by atoms with E-state index in [2.05, 4.69) is 4.74 Å². The monoisotopic (exact) mass is 200 g/mol. The lowest BCUT2D eigenvalue weighted by Gasteiger charge is -2.05. The van der Waals surface area contributed by atoms with Crippen LogP contribution in [-0.2, 0) is 0 Å². The first-order valence-electron chi connectivity index (χ1n) is 4.21. The lowest BCUT2D eigenvalue weighted by molar-refractivity contribution is -0.0498. The molecule has 4 heteroatoms. The van der Waals surface area contributed by atoms with E-state index in [1.807, 2.05) is 0 Å². The van der Waals surface area contributed by atoms with Crippen molar-refractivity contribution in [1.29, 1.82) is 0 Å². The molecule has 0 aliphatic rings.